The van der Waals surface area contributed by atoms with E-state index in [0.29, 0.717) is 11.5 Å². The van der Waals surface area contributed by atoms with Crippen LogP contribution < -0.4 is 10.5 Å². The maximum atomic E-state index is 6.02. The Bertz CT molecular complexity index is 973. The molecule has 0 amide bonds. The van der Waals surface area contributed by atoms with Crippen LogP contribution in [0.15, 0.2) is 54.7 Å². The molecular weight excluding hydrogens is 276 g/mol. The molecule has 5 nitrogen and oxygen atoms in total. The second kappa shape index (κ2) is 4.73. The third-order valence-corrected chi connectivity index (χ3v) is 3.70. The van der Waals surface area contributed by atoms with Crippen molar-refractivity contribution in [2.75, 3.05) is 12.8 Å². The molecule has 2 aromatic heterocycles. The first-order chi connectivity index (χ1) is 10.8. The molecule has 0 saturated heterocycles. The van der Waals surface area contributed by atoms with E-state index in [1.807, 2.05) is 59.1 Å². The largest absolute Gasteiger partial charge is 0.497 e. The number of nitrogen functional groups attached to an aromatic ring is 1. The summed E-state index contributed by atoms with van der Waals surface area (Å²) in [5.74, 6) is 1.48. The highest BCUT2D eigenvalue weighted by Crippen LogP contribution is 2.26. The van der Waals surface area contributed by atoms with Crippen molar-refractivity contribution in [2.24, 2.45) is 0 Å². The molecule has 0 atom stereocenters. The highest BCUT2D eigenvalue weighted by atomic mass is 16.5. The fourth-order valence-corrected chi connectivity index (χ4v) is 2.56. The smallest absolute Gasteiger partial charge is 0.235 e. The van der Waals surface area contributed by atoms with E-state index < -0.39 is 0 Å². The molecule has 2 N–H and O–H groups in total. The molecule has 4 rings (SSSR count). The van der Waals surface area contributed by atoms with Crippen molar-refractivity contribution >= 4 is 22.5 Å². The summed E-state index contributed by atoms with van der Waals surface area (Å²) in [6.07, 6.45) is 1.98. The molecular formula is C17H14N4O. The Labute approximate surface area is 127 Å². The van der Waals surface area contributed by atoms with Crippen molar-refractivity contribution in [3.8, 4) is 17.0 Å². The van der Waals surface area contributed by atoms with E-state index in [1.54, 1.807) is 7.11 Å². The molecule has 5 heteroatoms. The molecule has 22 heavy (non-hydrogen) atoms. The Balaban J connectivity index is 1.91. The first kappa shape index (κ1) is 12.6. The molecule has 0 saturated carbocycles. The SMILES string of the molecule is COc1ccc(-c2cn3c(n2)nc2c(N)ccccc23)cc1. The molecule has 0 fully saturated rings. The van der Waals surface area contributed by atoms with Crippen molar-refractivity contribution in [1.82, 2.24) is 14.4 Å². The van der Waals surface area contributed by atoms with Gasteiger partial charge in [-0.15, -0.1) is 0 Å². The first-order valence-corrected chi connectivity index (χ1v) is 6.94. The molecule has 0 spiro atoms. The number of anilines is 1. The van der Waals surface area contributed by atoms with E-state index >= 15 is 0 Å². The monoisotopic (exact) mass is 290 g/mol. The van der Waals surface area contributed by atoms with Gasteiger partial charge in [-0.2, -0.15) is 0 Å². The number of nitrogens with two attached hydrogens (primary N) is 1. The summed E-state index contributed by atoms with van der Waals surface area (Å²) in [5, 5.41) is 0. The second-order valence-electron chi connectivity index (χ2n) is 5.04. The van der Waals surface area contributed by atoms with Crippen LogP contribution in [-0.2, 0) is 0 Å². The fourth-order valence-electron chi connectivity index (χ4n) is 2.56. The van der Waals surface area contributed by atoms with Gasteiger partial charge in [0.2, 0.25) is 5.78 Å². The van der Waals surface area contributed by atoms with Gasteiger partial charge in [-0.05, 0) is 36.4 Å². The van der Waals surface area contributed by atoms with Crippen molar-refractivity contribution in [2.45, 2.75) is 0 Å². The van der Waals surface area contributed by atoms with E-state index in [2.05, 4.69) is 9.97 Å². The molecule has 108 valence electrons. The number of imidazole rings is 2. The van der Waals surface area contributed by atoms with E-state index in [0.717, 1.165) is 28.0 Å². The molecule has 4 aromatic rings. The van der Waals surface area contributed by atoms with Gasteiger partial charge in [0, 0.05) is 11.8 Å². The van der Waals surface area contributed by atoms with Gasteiger partial charge >= 0.3 is 0 Å². The van der Waals surface area contributed by atoms with Crippen molar-refractivity contribution in [3.63, 3.8) is 0 Å². The lowest BCUT2D eigenvalue weighted by molar-refractivity contribution is 0.415. The maximum Gasteiger partial charge on any atom is 0.235 e. The number of fused-ring (bicyclic) bond motifs is 3. The van der Waals surface area contributed by atoms with Gasteiger partial charge < -0.3 is 10.5 Å². The van der Waals surface area contributed by atoms with Crippen molar-refractivity contribution in [3.05, 3.63) is 54.7 Å². The lowest BCUT2D eigenvalue weighted by Crippen LogP contribution is -1.84. The van der Waals surface area contributed by atoms with Crippen LogP contribution in [0.1, 0.15) is 0 Å². The summed E-state index contributed by atoms with van der Waals surface area (Å²) in [4.78, 5) is 9.13. The molecule has 0 aliphatic heterocycles. The zero-order chi connectivity index (χ0) is 15.1. The number of ether oxygens (including phenoxy) is 1. The van der Waals surface area contributed by atoms with E-state index in [1.165, 1.54) is 0 Å². The van der Waals surface area contributed by atoms with Crippen LogP contribution >= 0.6 is 0 Å². The zero-order valence-electron chi connectivity index (χ0n) is 12.0. The van der Waals surface area contributed by atoms with Crippen LogP contribution in [-0.4, -0.2) is 21.5 Å². The molecule has 2 aromatic carbocycles. The summed E-state index contributed by atoms with van der Waals surface area (Å²) in [6, 6.07) is 15.5. The minimum atomic E-state index is 0.650. The van der Waals surface area contributed by atoms with Gasteiger partial charge in [0.25, 0.3) is 0 Å². The third-order valence-electron chi connectivity index (χ3n) is 3.70. The number of benzene rings is 1. The Hall–Kier alpha value is -3.08. The van der Waals surface area contributed by atoms with Crippen LogP contribution in [0.3, 0.4) is 0 Å². The van der Waals surface area contributed by atoms with E-state index in [4.69, 9.17) is 10.5 Å². The molecule has 0 radical (unpaired) electrons. The predicted octanol–water partition coefficient (Wildman–Crippen LogP) is 3.14. The quantitative estimate of drug-likeness (QED) is 0.616. The number of hydrogen-bond donors (Lipinski definition) is 1. The second-order valence-corrected chi connectivity index (χ2v) is 5.04. The normalized spacial score (nSPS) is 11.1. The minimum absolute atomic E-state index is 0.650. The highest BCUT2D eigenvalue weighted by Gasteiger charge is 2.11. The molecule has 0 unspecified atom stereocenters. The van der Waals surface area contributed by atoms with Gasteiger partial charge in [-0.25, -0.2) is 9.97 Å². The summed E-state index contributed by atoms with van der Waals surface area (Å²) < 4.78 is 7.14. The molecule has 0 aliphatic rings. The number of rotatable bonds is 2. The van der Waals surface area contributed by atoms with Gasteiger partial charge in [-0.3, -0.25) is 4.40 Å². The van der Waals surface area contributed by atoms with Gasteiger partial charge in [0.05, 0.1) is 24.0 Å². The van der Waals surface area contributed by atoms with E-state index in [-0.39, 0.29) is 0 Å². The zero-order valence-corrected chi connectivity index (χ0v) is 12.0. The van der Waals surface area contributed by atoms with Crippen LogP contribution in [0.4, 0.5) is 5.69 Å². The summed E-state index contributed by atoms with van der Waals surface area (Å²) in [7, 11) is 1.65. The van der Waals surface area contributed by atoms with Crippen molar-refractivity contribution in [1.29, 1.82) is 0 Å². The van der Waals surface area contributed by atoms with Gasteiger partial charge in [0.1, 0.15) is 11.3 Å². The number of hydrogen-bond acceptors (Lipinski definition) is 4. The van der Waals surface area contributed by atoms with Gasteiger partial charge in [-0.1, -0.05) is 12.1 Å². The van der Waals surface area contributed by atoms with Gasteiger partial charge in [0.15, 0.2) is 0 Å². The predicted molar refractivity (Wildman–Crippen MR) is 86.9 cm³/mol. The first-order valence-electron chi connectivity index (χ1n) is 6.94. The van der Waals surface area contributed by atoms with Crippen LogP contribution in [0.25, 0.3) is 28.1 Å². The third kappa shape index (κ3) is 1.87. The lowest BCUT2D eigenvalue weighted by Gasteiger charge is -2.00. The Morgan fingerprint density at radius 1 is 1.00 bits per heavy atom. The highest BCUT2D eigenvalue weighted by molar-refractivity contribution is 5.89. The number of methoxy groups -OCH3 is 1. The van der Waals surface area contributed by atoms with Crippen molar-refractivity contribution < 1.29 is 4.74 Å². The Morgan fingerprint density at radius 3 is 2.55 bits per heavy atom. The summed E-state index contributed by atoms with van der Waals surface area (Å²) >= 11 is 0. The number of nitrogens with zero attached hydrogens (tertiary/aromatic N) is 3. The summed E-state index contributed by atoms with van der Waals surface area (Å²) in [5.41, 5.74) is 10.3. The number of aromatic nitrogens is 3. The fraction of sp³-hybridized carbons (Fsp3) is 0.0588. The standard InChI is InChI=1S/C17H14N4O/c1-22-12-8-6-11(7-9-12)14-10-21-15-5-3-2-4-13(18)16(15)20-17(21)19-14/h2-10H,18H2,1H3. The van der Waals surface area contributed by atoms with E-state index in [9.17, 15) is 0 Å². The summed E-state index contributed by atoms with van der Waals surface area (Å²) in [6.45, 7) is 0. The average Bonchev–Trinajstić information content (AvgIpc) is 3.04. The Morgan fingerprint density at radius 2 is 1.77 bits per heavy atom. The van der Waals surface area contributed by atoms with Crippen LogP contribution in [0.2, 0.25) is 0 Å². The van der Waals surface area contributed by atoms with Crippen LogP contribution in [0, 0.1) is 0 Å². The maximum absolute atomic E-state index is 6.02. The topological polar surface area (TPSA) is 65.4 Å². The lowest BCUT2D eigenvalue weighted by atomic mass is 10.2. The average molecular weight is 290 g/mol. The minimum Gasteiger partial charge on any atom is -0.497 e. The molecule has 0 aliphatic carbocycles. The molecule has 2 heterocycles. The molecule has 0 bridgehead atoms. The Kier molecular flexibility index (Phi) is 2.72. The van der Waals surface area contributed by atoms with Crippen LogP contribution in [0.5, 0.6) is 5.75 Å².